The number of hydrogen-bond acceptors (Lipinski definition) is 0. The summed E-state index contributed by atoms with van der Waals surface area (Å²) in [4.78, 5) is 0. The van der Waals surface area contributed by atoms with Crippen molar-refractivity contribution in [1.82, 2.24) is 0 Å². The third-order valence-corrected chi connectivity index (χ3v) is 1.09. The maximum atomic E-state index is 3.09. The van der Waals surface area contributed by atoms with E-state index < -0.39 is 0 Å². The van der Waals surface area contributed by atoms with Crippen molar-refractivity contribution in [2.45, 2.75) is 13.3 Å². The van der Waals surface area contributed by atoms with Crippen molar-refractivity contribution < 1.29 is 39.6 Å². The van der Waals surface area contributed by atoms with Crippen LogP contribution in [-0.4, -0.2) is 0 Å². The molecule has 0 atom stereocenters. The van der Waals surface area contributed by atoms with Crippen LogP contribution in [0.15, 0.2) is 18.2 Å². The molecule has 0 heterocycles. The summed E-state index contributed by atoms with van der Waals surface area (Å²) in [6.07, 6.45) is 1.05. The molecule has 1 aromatic rings. The third kappa shape index (κ3) is 6.87. The summed E-state index contributed by atoms with van der Waals surface area (Å²) in [5, 5.41) is 0. The minimum atomic E-state index is 0. The zero-order valence-electron chi connectivity index (χ0n) is 6.79. The Morgan fingerprint density at radius 2 is 2.00 bits per heavy atom. The van der Waals surface area contributed by atoms with Gasteiger partial charge in [-0.25, -0.2) is 0 Å². The molecule has 0 saturated heterocycles. The van der Waals surface area contributed by atoms with E-state index in [4.69, 9.17) is 0 Å². The Bertz CT molecular complexity index is 151. The van der Waals surface area contributed by atoms with Crippen molar-refractivity contribution in [3.05, 3.63) is 43.3 Å². The molecule has 0 aliphatic heterocycles. The van der Waals surface area contributed by atoms with Gasteiger partial charge >= 0.3 is 18.6 Å². The van der Waals surface area contributed by atoms with Gasteiger partial charge < -0.3 is 19.6 Å². The summed E-state index contributed by atoms with van der Waals surface area (Å²) in [6.45, 7) is 2.11. The summed E-state index contributed by atoms with van der Waals surface area (Å²) in [7, 11) is 0. The summed E-state index contributed by atoms with van der Waals surface area (Å²) in [5.74, 6) is 0. The molecule has 1 rings (SSSR count). The fraction of sp³-hybridized carbons (Fsp3) is 0.222. The monoisotopic (exact) mass is 354 g/mol. The molecule has 0 N–H and O–H groups in total. The number of aryl methyl sites for hydroxylation is 1. The Labute approximate surface area is 95.9 Å². The predicted octanol–water partition coefficient (Wildman–Crippen LogP) is 2.29. The molecule has 0 nitrogen and oxygen atoms in total. The zero-order chi connectivity index (χ0) is 5.82. The van der Waals surface area contributed by atoms with Gasteiger partial charge in [0.1, 0.15) is 0 Å². The standard InChI is InChI=1S/C8H8.CH3.V.W/c1-2-8-6-4-3-5-7-8;;;/h3-4,7H,2H2,1H3;1H3;;/q-2;-1;+2;. The first kappa shape index (κ1) is 17.5. The summed E-state index contributed by atoms with van der Waals surface area (Å²) >= 11 is 0. The van der Waals surface area contributed by atoms with Crippen LogP contribution < -0.4 is 0 Å². The average Bonchev–Trinajstić information content (AvgIpc) is 1.90. The van der Waals surface area contributed by atoms with Crippen molar-refractivity contribution in [1.29, 1.82) is 0 Å². The second-order valence-corrected chi connectivity index (χ2v) is 1.67. The number of hydrogen-bond donors (Lipinski definition) is 0. The second-order valence-electron chi connectivity index (χ2n) is 1.67. The molecule has 0 aromatic heterocycles. The van der Waals surface area contributed by atoms with E-state index in [0.29, 0.717) is 0 Å². The molecule has 11 heavy (non-hydrogen) atoms. The maximum absolute atomic E-state index is 3.09. The molecule has 0 spiro atoms. The van der Waals surface area contributed by atoms with Crippen molar-refractivity contribution >= 4 is 0 Å². The van der Waals surface area contributed by atoms with E-state index in [2.05, 4.69) is 19.1 Å². The van der Waals surface area contributed by atoms with E-state index in [1.807, 2.05) is 18.2 Å². The Morgan fingerprint density at radius 3 is 2.27 bits per heavy atom. The SMILES string of the molecule is CCc1[c-]cc[c-]c1.[CH3-].[V+2].[W]. The Balaban J connectivity index is -0.000000213. The van der Waals surface area contributed by atoms with Gasteiger partial charge in [-0.05, 0) is 0 Å². The smallest absolute Gasteiger partial charge is 0.358 e. The van der Waals surface area contributed by atoms with Gasteiger partial charge in [0.15, 0.2) is 0 Å². The Morgan fingerprint density at radius 1 is 1.36 bits per heavy atom. The summed E-state index contributed by atoms with van der Waals surface area (Å²) in [6, 6.07) is 11.8. The third-order valence-electron chi connectivity index (χ3n) is 1.09. The topological polar surface area (TPSA) is 0 Å². The van der Waals surface area contributed by atoms with Gasteiger partial charge in [-0.3, -0.25) is 23.8 Å². The van der Waals surface area contributed by atoms with Crippen LogP contribution in [0.4, 0.5) is 0 Å². The van der Waals surface area contributed by atoms with Crippen LogP contribution in [0, 0.1) is 19.6 Å². The van der Waals surface area contributed by atoms with E-state index in [0.717, 1.165) is 6.42 Å². The molecular formula is C9H11VW-. The molecule has 0 aliphatic carbocycles. The van der Waals surface area contributed by atoms with Gasteiger partial charge in [0.25, 0.3) is 0 Å². The van der Waals surface area contributed by atoms with Gasteiger partial charge in [0.05, 0.1) is 0 Å². The van der Waals surface area contributed by atoms with E-state index in [1.54, 1.807) is 0 Å². The van der Waals surface area contributed by atoms with Gasteiger partial charge in [-0.2, -0.15) is 0 Å². The molecule has 0 saturated carbocycles. The number of rotatable bonds is 1. The Hall–Kier alpha value is 0.493. The minimum absolute atomic E-state index is 0. The first-order valence-corrected chi connectivity index (χ1v) is 2.80. The zero-order valence-corrected chi connectivity index (χ0v) is 11.1. The van der Waals surface area contributed by atoms with Crippen molar-refractivity contribution in [2.75, 3.05) is 0 Å². The predicted molar refractivity (Wildman–Crippen MR) is 39.9 cm³/mol. The fourth-order valence-electron chi connectivity index (χ4n) is 0.591. The van der Waals surface area contributed by atoms with Crippen LogP contribution in [-0.2, 0) is 46.0 Å². The quantitative estimate of drug-likeness (QED) is 0.680. The molecule has 0 aliphatic rings. The molecule has 0 fully saturated rings. The molecule has 0 amide bonds. The van der Waals surface area contributed by atoms with Crippen LogP contribution in [0.1, 0.15) is 12.5 Å². The second kappa shape index (κ2) is 10.5. The molecule has 0 unspecified atom stereocenters. The van der Waals surface area contributed by atoms with Crippen LogP contribution >= 0.6 is 0 Å². The van der Waals surface area contributed by atoms with Crippen molar-refractivity contribution in [3.63, 3.8) is 0 Å². The normalized spacial score (nSPS) is 6.64. The van der Waals surface area contributed by atoms with Gasteiger partial charge in [-0.15, -0.1) is 0 Å². The van der Waals surface area contributed by atoms with E-state index >= 15 is 0 Å². The summed E-state index contributed by atoms with van der Waals surface area (Å²) < 4.78 is 0. The van der Waals surface area contributed by atoms with Crippen LogP contribution in [0.5, 0.6) is 0 Å². The fourth-order valence-corrected chi connectivity index (χ4v) is 0.591. The molecule has 0 bridgehead atoms. The first-order valence-electron chi connectivity index (χ1n) is 2.80. The van der Waals surface area contributed by atoms with E-state index in [-0.39, 0.29) is 47.0 Å². The van der Waals surface area contributed by atoms with E-state index in [1.165, 1.54) is 5.56 Å². The molecular weight excluding hydrogens is 343 g/mol. The molecule has 1 radical (unpaired) electrons. The molecule has 59 valence electrons. The minimum Gasteiger partial charge on any atom is -0.358 e. The van der Waals surface area contributed by atoms with Crippen molar-refractivity contribution in [2.24, 2.45) is 0 Å². The molecule has 2 heteroatoms. The number of benzene rings is 1. The van der Waals surface area contributed by atoms with Crippen molar-refractivity contribution in [3.8, 4) is 0 Å². The summed E-state index contributed by atoms with van der Waals surface area (Å²) in [5.41, 5.74) is 1.23. The molecule has 1 aromatic carbocycles. The Kier molecular flexibility index (Phi) is 16.7. The van der Waals surface area contributed by atoms with Gasteiger partial charge in [0, 0.05) is 21.1 Å². The first-order chi connectivity index (χ1) is 3.93. The van der Waals surface area contributed by atoms with Gasteiger partial charge in [-0.1, -0.05) is 13.3 Å². The van der Waals surface area contributed by atoms with Crippen LogP contribution in [0.25, 0.3) is 0 Å². The van der Waals surface area contributed by atoms with Crippen LogP contribution in [0.2, 0.25) is 0 Å². The maximum Gasteiger partial charge on any atom is 2.00 e. The van der Waals surface area contributed by atoms with Crippen LogP contribution in [0.3, 0.4) is 0 Å². The largest absolute Gasteiger partial charge is 2.00 e. The average molecular weight is 354 g/mol. The van der Waals surface area contributed by atoms with E-state index in [9.17, 15) is 0 Å². The van der Waals surface area contributed by atoms with Gasteiger partial charge in [0.2, 0.25) is 0 Å².